The monoisotopic (exact) mass is 293 g/mol. The fraction of sp³-hybridized carbons (Fsp3) is 0.500. The van der Waals surface area contributed by atoms with Crippen molar-refractivity contribution in [3.8, 4) is 6.07 Å². The maximum absolute atomic E-state index is 12.4. The van der Waals surface area contributed by atoms with E-state index in [4.69, 9.17) is 5.26 Å². The van der Waals surface area contributed by atoms with Gasteiger partial charge in [-0.3, -0.25) is 0 Å². The summed E-state index contributed by atoms with van der Waals surface area (Å²) in [6, 6.07) is 6.54. The van der Waals surface area contributed by atoms with Crippen LogP contribution in [0.5, 0.6) is 0 Å². The van der Waals surface area contributed by atoms with Gasteiger partial charge in [0.25, 0.3) is 0 Å². The van der Waals surface area contributed by atoms with Crippen LogP contribution in [0.2, 0.25) is 0 Å². The van der Waals surface area contributed by atoms with Gasteiger partial charge in [-0.25, -0.2) is 13.1 Å². The molecule has 1 aromatic rings. The summed E-state index contributed by atoms with van der Waals surface area (Å²) in [6.07, 6.45) is 0.958. The molecule has 6 heteroatoms. The van der Waals surface area contributed by atoms with Crippen LogP contribution in [0.15, 0.2) is 23.1 Å². The molecule has 20 heavy (non-hydrogen) atoms. The normalized spacial score (nSPS) is 23.2. The highest BCUT2D eigenvalue weighted by atomic mass is 32.2. The molecule has 0 bridgehead atoms. The molecular formula is C14H19N3O2S. The predicted octanol–water partition coefficient (Wildman–Crippen LogP) is 1.14. The highest BCUT2D eigenvalue weighted by Crippen LogP contribution is 2.19. The van der Waals surface area contributed by atoms with Crippen molar-refractivity contribution in [1.82, 2.24) is 10.0 Å². The SMILES string of the molecule is Cc1cc(C#N)ccc1S(=O)(=O)NC1CNCCC1C. The van der Waals surface area contributed by atoms with Crippen molar-refractivity contribution in [3.05, 3.63) is 29.3 Å². The molecule has 2 unspecified atom stereocenters. The number of hydrogen-bond donors (Lipinski definition) is 2. The van der Waals surface area contributed by atoms with Crippen LogP contribution in [-0.4, -0.2) is 27.5 Å². The first-order valence-electron chi connectivity index (χ1n) is 6.68. The lowest BCUT2D eigenvalue weighted by Crippen LogP contribution is -2.50. The van der Waals surface area contributed by atoms with E-state index in [1.54, 1.807) is 13.0 Å². The maximum Gasteiger partial charge on any atom is 0.241 e. The quantitative estimate of drug-likeness (QED) is 0.875. The van der Waals surface area contributed by atoms with Gasteiger partial charge in [0.2, 0.25) is 10.0 Å². The van der Waals surface area contributed by atoms with Crippen molar-refractivity contribution in [2.24, 2.45) is 5.92 Å². The molecular weight excluding hydrogens is 274 g/mol. The molecule has 2 N–H and O–H groups in total. The maximum atomic E-state index is 12.4. The Balaban J connectivity index is 2.24. The van der Waals surface area contributed by atoms with Crippen molar-refractivity contribution >= 4 is 10.0 Å². The van der Waals surface area contributed by atoms with Crippen molar-refractivity contribution in [1.29, 1.82) is 5.26 Å². The summed E-state index contributed by atoms with van der Waals surface area (Å²) in [7, 11) is -3.55. The lowest BCUT2D eigenvalue weighted by molar-refractivity contribution is 0.327. The molecule has 0 aromatic heterocycles. The Morgan fingerprint density at radius 2 is 2.20 bits per heavy atom. The van der Waals surface area contributed by atoms with E-state index in [2.05, 4.69) is 17.0 Å². The molecule has 1 aliphatic rings. The standard InChI is InChI=1S/C14H19N3O2S/c1-10-5-6-16-9-13(10)17-20(18,19)14-4-3-12(8-15)7-11(14)2/h3-4,7,10,13,16-17H,5-6,9H2,1-2H3. The number of hydrogen-bond acceptors (Lipinski definition) is 4. The number of benzene rings is 1. The highest BCUT2D eigenvalue weighted by Gasteiger charge is 2.27. The fourth-order valence-electron chi connectivity index (χ4n) is 2.43. The zero-order valence-electron chi connectivity index (χ0n) is 11.7. The molecule has 1 fully saturated rings. The van der Waals surface area contributed by atoms with Gasteiger partial charge < -0.3 is 5.32 Å². The Kier molecular flexibility index (Phi) is 4.43. The van der Waals surface area contributed by atoms with E-state index in [1.807, 2.05) is 6.07 Å². The van der Waals surface area contributed by atoms with E-state index in [0.717, 1.165) is 13.0 Å². The average Bonchev–Trinajstić information content (AvgIpc) is 2.40. The second-order valence-electron chi connectivity index (χ2n) is 5.29. The molecule has 108 valence electrons. The van der Waals surface area contributed by atoms with Crippen molar-refractivity contribution in [2.75, 3.05) is 13.1 Å². The van der Waals surface area contributed by atoms with Crippen LogP contribution in [0.1, 0.15) is 24.5 Å². The van der Waals surface area contributed by atoms with Crippen LogP contribution >= 0.6 is 0 Å². The van der Waals surface area contributed by atoms with E-state index in [0.29, 0.717) is 23.6 Å². The summed E-state index contributed by atoms with van der Waals surface area (Å²) < 4.78 is 27.7. The van der Waals surface area contributed by atoms with Crippen LogP contribution in [0.3, 0.4) is 0 Å². The molecule has 0 saturated carbocycles. The Labute approximate surface area is 120 Å². The predicted molar refractivity (Wildman–Crippen MR) is 76.7 cm³/mol. The van der Waals surface area contributed by atoms with Crippen LogP contribution in [0, 0.1) is 24.2 Å². The summed E-state index contributed by atoms with van der Waals surface area (Å²) >= 11 is 0. The van der Waals surface area contributed by atoms with Crippen LogP contribution in [0.4, 0.5) is 0 Å². The van der Waals surface area contributed by atoms with Crippen LogP contribution in [0.25, 0.3) is 0 Å². The molecule has 2 atom stereocenters. The summed E-state index contributed by atoms with van der Waals surface area (Å²) in [4.78, 5) is 0.245. The van der Waals surface area contributed by atoms with Gasteiger partial charge in [0.1, 0.15) is 0 Å². The lowest BCUT2D eigenvalue weighted by atomic mass is 9.96. The summed E-state index contributed by atoms with van der Waals surface area (Å²) in [5, 5.41) is 12.0. The Hall–Kier alpha value is -1.42. The van der Waals surface area contributed by atoms with E-state index < -0.39 is 10.0 Å². The number of piperidine rings is 1. The van der Waals surface area contributed by atoms with Gasteiger partial charge in [-0.2, -0.15) is 5.26 Å². The van der Waals surface area contributed by atoms with Crippen LogP contribution < -0.4 is 10.0 Å². The molecule has 1 aromatic carbocycles. The molecule has 0 aliphatic carbocycles. The largest absolute Gasteiger partial charge is 0.315 e. The van der Waals surface area contributed by atoms with Gasteiger partial charge in [0.05, 0.1) is 16.5 Å². The molecule has 5 nitrogen and oxygen atoms in total. The molecule has 1 heterocycles. The van der Waals surface area contributed by atoms with Crippen molar-refractivity contribution < 1.29 is 8.42 Å². The first kappa shape index (κ1) is 15.0. The van der Waals surface area contributed by atoms with E-state index in [1.165, 1.54) is 12.1 Å². The van der Waals surface area contributed by atoms with Gasteiger partial charge >= 0.3 is 0 Å². The zero-order chi connectivity index (χ0) is 14.8. The second kappa shape index (κ2) is 5.92. The van der Waals surface area contributed by atoms with Crippen molar-refractivity contribution in [3.63, 3.8) is 0 Å². The van der Waals surface area contributed by atoms with Gasteiger partial charge in [0, 0.05) is 12.6 Å². The van der Waals surface area contributed by atoms with E-state index >= 15 is 0 Å². The summed E-state index contributed by atoms with van der Waals surface area (Å²) in [6.45, 7) is 5.34. The number of aryl methyl sites for hydroxylation is 1. The zero-order valence-corrected chi connectivity index (χ0v) is 12.5. The number of rotatable bonds is 3. The Bertz CT molecular complexity index is 634. The Morgan fingerprint density at radius 1 is 1.45 bits per heavy atom. The number of nitrogens with zero attached hydrogens (tertiary/aromatic N) is 1. The Morgan fingerprint density at radius 3 is 2.80 bits per heavy atom. The third kappa shape index (κ3) is 3.18. The molecule has 2 rings (SSSR count). The minimum atomic E-state index is -3.55. The smallest absolute Gasteiger partial charge is 0.241 e. The topological polar surface area (TPSA) is 82.0 Å². The minimum Gasteiger partial charge on any atom is -0.315 e. The van der Waals surface area contributed by atoms with E-state index in [9.17, 15) is 8.42 Å². The molecule has 0 radical (unpaired) electrons. The number of sulfonamides is 1. The molecule has 1 aliphatic heterocycles. The van der Waals surface area contributed by atoms with Crippen LogP contribution in [-0.2, 0) is 10.0 Å². The van der Waals surface area contributed by atoms with Crippen molar-refractivity contribution in [2.45, 2.75) is 31.2 Å². The summed E-state index contributed by atoms with van der Waals surface area (Å²) in [5.74, 6) is 0.310. The van der Waals surface area contributed by atoms with Gasteiger partial charge in [-0.05, 0) is 49.6 Å². The van der Waals surface area contributed by atoms with E-state index in [-0.39, 0.29) is 10.9 Å². The number of nitrogens with one attached hydrogen (secondary N) is 2. The first-order chi connectivity index (χ1) is 9.44. The van der Waals surface area contributed by atoms with Gasteiger partial charge in [-0.1, -0.05) is 6.92 Å². The lowest BCUT2D eigenvalue weighted by Gasteiger charge is -2.30. The number of nitriles is 1. The molecule has 1 saturated heterocycles. The third-order valence-electron chi connectivity index (χ3n) is 3.73. The highest BCUT2D eigenvalue weighted by molar-refractivity contribution is 7.89. The third-order valence-corrected chi connectivity index (χ3v) is 5.38. The average molecular weight is 293 g/mol. The minimum absolute atomic E-state index is 0.0937. The van der Waals surface area contributed by atoms with Gasteiger partial charge in [0.15, 0.2) is 0 Å². The second-order valence-corrected chi connectivity index (χ2v) is 6.97. The first-order valence-corrected chi connectivity index (χ1v) is 8.16. The summed E-state index contributed by atoms with van der Waals surface area (Å²) in [5.41, 5.74) is 1.06. The fourth-order valence-corrected chi connectivity index (χ4v) is 4.00. The molecule has 0 amide bonds. The molecule has 0 spiro atoms. The van der Waals surface area contributed by atoms with Gasteiger partial charge in [-0.15, -0.1) is 0 Å².